The Morgan fingerprint density at radius 3 is 1.73 bits per heavy atom. The third kappa shape index (κ3) is 6.93. The van der Waals surface area contributed by atoms with Gasteiger partial charge in [-0.15, -0.1) is 0 Å². The summed E-state index contributed by atoms with van der Waals surface area (Å²) in [5.41, 5.74) is -1.63. The lowest BCUT2D eigenvalue weighted by molar-refractivity contribution is -0.165. The Hall–Kier alpha value is -2.29. The van der Waals surface area contributed by atoms with Crippen LogP contribution >= 0.6 is 0 Å². The molecule has 0 aromatic heterocycles. The second kappa shape index (κ2) is 8.88. The molecular formula is C13H18O9. The van der Waals surface area contributed by atoms with Gasteiger partial charge in [0.1, 0.15) is 0 Å². The van der Waals surface area contributed by atoms with Crippen molar-refractivity contribution in [3.63, 3.8) is 0 Å². The Kier molecular flexibility index (Phi) is 7.95. The Morgan fingerprint density at radius 2 is 1.32 bits per heavy atom. The van der Waals surface area contributed by atoms with Crippen LogP contribution in [-0.4, -0.2) is 57.0 Å². The van der Waals surface area contributed by atoms with Crippen molar-refractivity contribution in [1.29, 1.82) is 0 Å². The van der Waals surface area contributed by atoms with Crippen molar-refractivity contribution in [3.05, 3.63) is 0 Å². The molecule has 0 amide bonds. The van der Waals surface area contributed by atoms with Crippen LogP contribution < -0.4 is 0 Å². The van der Waals surface area contributed by atoms with E-state index in [9.17, 15) is 24.0 Å². The van der Waals surface area contributed by atoms with Gasteiger partial charge in [0.25, 0.3) is 0 Å². The molecule has 0 aliphatic rings. The second-order valence-electron chi connectivity index (χ2n) is 4.80. The lowest BCUT2D eigenvalue weighted by atomic mass is 9.97. The molecule has 0 aromatic carbocycles. The van der Waals surface area contributed by atoms with Crippen LogP contribution in [0, 0.1) is 0 Å². The van der Waals surface area contributed by atoms with E-state index in [0.29, 0.717) is 0 Å². The van der Waals surface area contributed by atoms with Crippen molar-refractivity contribution in [1.82, 2.24) is 0 Å². The number of hydrogen-bond donors (Lipinski definition) is 3. The predicted octanol–water partition coefficient (Wildman–Crippen LogP) is 0.104. The van der Waals surface area contributed by atoms with Gasteiger partial charge in [0.15, 0.2) is 5.60 Å². The van der Waals surface area contributed by atoms with Gasteiger partial charge in [-0.3, -0.25) is 9.59 Å². The van der Waals surface area contributed by atoms with Crippen LogP contribution in [-0.2, 0) is 28.7 Å². The molecule has 0 saturated carbocycles. The van der Waals surface area contributed by atoms with Crippen molar-refractivity contribution in [3.8, 4) is 0 Å². The molecule has 0 unspecified atom stereocenters. The molecule has 124 valence electrons. The molecule has 0 heterocycles. The van der Waals surface area contributed by atoms with Crippen LogP contribution in [0.25, 0.3) is 0 Å². The summed E-state index contributed by atoms with van der Waals surface area (Å²) < 4.78 is 5.16. The number of ketones is 2. The van der Waals surface area contributed by atoms with Crippen LogP contribution in [0.4, 0.5) is 0 Å². The molecule has 1 atom stereocenters. The van der Waals surface area contributed by atoms with Gasteiger partial charge in [0.2, 0.25) is 11.6 Å². The molecule has 0 aliphatic heterocycles. The number of carbonyl (C=O) groups is 5. The van der Waals surface area contributed by atoms with Crippen LogP contribution in [0.3, 0.4) is 0 Å². The zero-order valence-electron chi connectivity index (χ0n) is 12.0. The number of carboxylic acids is 3. The van der Waals surface area contributed by atoms with Gasteiger partial charge in [0, 0.05) is 19.4 Å². The fourth-order valence-electron chi connectivity index (χ4n) is 1.57. The number of ether oxygens (including phenoxy) is 1. The summed E-state index contributed by atoms with van der Waals surface area (Å²) in [6.07, 6.45) is -0.611. The Bertz CT molecular complexity index is 468. The van der Waals surface area contributed by atoms with Crippen LogP contribution in [0.15, 0.2) is 0 Å². The van der Waals surface area contributed by atoms with E-state index in [4.69, 9.17) is 20.1 Å². The molecule has 0 spiro atoms. The molecule has 9 nitrogen and oxygen atoms in total. The molecule has 0 fully saturated rings. The second-order valence-corrected chi connectivity index (χ2v) is 4.80. The van der Waals surface area contributed by atoms with E-state index in [2.05, 4.69) is 0 Å². The van der Waals surface area contributed by atoms with E-state index in [1.807, 2.05) is 0 Å². The van der Waals surface area contributed by atoms with E-state index >= 15 is 0 Å². The average Bonchev–Trinajstić information content (AvgIpc) is 2.42. The number of rotatable bonds is 12. The first-order valence-corrected chi connectivity index (χ1v) is 6.49. The summed E-state index contributed by atoms with van der Waals surface area (Å²) in [5, 5.41) is 25.9. The summed E-state index contributed by atoms with van der Waals surface area (Å²) in [7, 11) is 0. The highest BCUT2D eigenvalue weighted by molar-refractivity contribution is 6.32. The molecule has 22 heavy (non-hydrogen) atoms. The van der Waals surface area contributed by atoms with Gasteiger partial charge in [-0.2, -0.15) is 0 Å². The smallest absolute Gasteiger partial charge is 0.372 e. The van der Waals surface area contributed by atoms with Crippen LogP contribution in [0.5, 0.6) is 0 Å². The Balaban J connectivity index is 4.30. The van der Waals surface area contributed by atoms with Gasteiger partial charge in [-0.1, -0.05) is 0 Å². The van der Waals surface area contributed by atoms with Gasteiger partial charge in [-0.25, -0.2) is 14.4 Å². The lowest BCUT2D eigenvalue weighted by Crippen LogP contribution is -2.39. The van der Waals surface area contributed by atoms with Crippen LogP contribution in [0.1, 0.15) is 39.0 Å². The Morgan fingerprint density at radius 1 is 0.864 bits per heavy atom. The maximum Gasteiger partial charge on any atom is 0.372 e. The first kappa shape index (κ1) is 19.7. The highest BCUT2D eigenvalue weighted by Crippen LogP contribution is 2.20. The first-order valence-electron chi connectivity index (χ1n) is 6.49. The summed E-state index contributed by atoms with van der Waals surface area (Å²) in [6.45, 7) is 1.12. The zero-order valence-corrected chi connectivity index (χ0v) is 12.0. The topological polar surface area (TPSA) is 155 Å². The number of Topliss-reactive ketones (excluding diaryl/α,β-unsaturated/α-hetero) is 2. The first-order chi connectivity index (χ1) is 10.1. The number of aliphatic carboxylic acids is 3. The summed E-state index contributed by atoms with van der Waals surface area (Å²) in [5.74, 6) is -6.44. The monoisotopic (exact) mass is 318 g/mol. The molecule has 0 rings (SSSR count). The summed E-state index contributed by atoms with van der Waals surface area (Å²) in [6, 6.07) is 0. The van der Waals surface area contributed by atoms with Gasteiger partial charge >= 0.3 is 17.9 Å². The highest BCUT2D eigenvalue weighted by Gasteiger charge is 2.34. The van der Waals surface area contributed by atoms with E-state index in [0.717, 1.165) is 0 Å². The van der Waals surface area contributed by atoms with E-state index in [1.54, 1.807) is 0 Å². The minimum atomic E-state index is -1.63. The third-order valence-electron chi connectivity index (χ3n) is 2.96. The molecular weight excluding hydrogens is 300 g/mol. The largest absolute Gasteiger partial charge is 0.479 e. The highest BCUT2D eigenvalue weighted by atomic mass is 16.5. The minimum Gasteiger partial charge on any atom is -0.479 e. The van der Waals surface area contributed by atoms with E-state index in [1.165, 1.54) is 6.92 Å². The van der Waals surface area contributed by atoms with Crippen molar-refractivity contribution in [2.45, 2.75) is 44.6 Å². The average molecular weight is 318 g/mol. The maximum atomic E-state index is 11.2. The number of carbonyl (C=O) groups excluding carboxylic acids is 2. The summed E-state index contributed by atoms with van der Waals surface area (Å²) >= 11 is 0. The number of hydrogen-bond acceptors (Lipinski definition) is 6. The quantitative estimate of drug-likeness (QED) is 0.335. The van der Waals surface area contributed by atoms with Gasteiger partial charge in [-0.05, 0) is 26.2 Å². The molecule has 0 aromatic rings. The fourth-order valence-corrected chi connectivity index (χ4v) is 1.57. The third-order valence-corrected chi connectivity index (χ3v) is 2.96. The minimum absolute atomic E-state index is 0.0159. The predicted molar refractivity (Wildman–Crippen MR) is 70.4 cm³/mol. The van der Waals surface area contributed by atoms with E-state index in [-0.39, 0.29) is 38.7 Å². The van der Waals surface area contributed by atoms with Crippen molar-refractivity contribution in [2.24, 2.45) is 0 Å². The normalized spacial score (nSPS) is 13.1. The van der Waals surface area contributed by atoms with Crippen molar-refractivity contribution in [2.75, 3.05) is 6.61 Å². The Labute approximate surface area is 125 Å². The molecule has 0 radical (unpaired) electrons. The molecule has 0 aliphatic carbocycles. The molecule has 0 saturated heterocycles. The SMILES string of the molecule is C[C@@](CCCC(=O)C(=O)O)(OCCCC(=O)C(=O)O)C(=O)O. The van der Waals surface area contributed by atoms with Crippen molar-refractivity contribution >= 4 is 29.5 Å². The number of carboxylic acid groups (broad SMARTS) is 3. The van der Waals surface area contributed by atoms with E-state index < -0.39 is 35.1 Å². The summed E-state index contributed by atoms with van der Waals surface area (Å²) in [4.78, 5) is 53.6. The standard InChI is InChI=1S/C13H18O9/c1-13(12(20)21,6-2-4-8(14)10(16)17)22-7-3-5-9(15)11(18)19/h2-7H2,1H3,(H,16,17)(H,18,19)(H,20,21)/t13-/m0/s1. The molecule has 9 heteroatoms. The fraction of sp³-hybridized carbons (Fsp3) is 0.615. The zero-order chi connectivity index (χ0) is 17.3. The molecule has 3 N–H and O–H groups in total. The van der Waals surface area contributed by atoms with Gasteiger partial charge in [0.05, 0.1) is 0 Å². The van der Waals surface area contributed by atoms with Crippen molar-refractivity contribution < 1.29 is 44.0 Å². The molecule has 0 bridgehead atoms. The van der Waals surface area contributed by atoms with Crippen LogP contribution in [0.2, 0.25) is 0 Å². The lowest BCUT2D eigenvalue weighted by Gasteiger charge is -2.25. The maximum absolute atomic E-state index is 11.2. The van der Waals surface area contributed by atoms with Gasteiger partial charge < -0.3 is 20.1 Å².